The summed E-state index contributed by atoms with van der Waals surface area (Å²) >= 11 is 6.03. The van der Waals surface area contributed by atoms with Crippen LogP contribution in [0.25, 0.3) is 0 Å². The van der Waals surface area contributed by atoms with Gasteiger partial charge in [0, 0.05) is 11.6 Å². The van der Waals surface area contributed by atoms with Crippen LogP contribution in [0, 0.1) is 0 Å². The summed E-state index contributed by atoms with van der Waals surface area (Å²) < 4.78 is 5.04. The molecule has 7 nitrogen and oxygen atoms in total. The number of halogens is 1. The van der Waals surface area contributed by atoms with E-state index in [1.807, 2.05) is 0 Å². The Morgan fingerprint density at radius 3 is 2.75 bits per heavy atom. The molecule has 8 heteroatoms. The van der Waals surface area contributed by atoms with Crippen LogP contribution in [0.3, 0.4) is 0 Å². The molecule has 0 saturated heterocycles. The minimum absolute atomic E-state index is 0.169. The number of benzene rings is 1. The number of aromatic nitrogens is 2. The Labute approximate surface area is 143 Å². The van der Waals surface area contributed by atoms with E-state index in [1.165, 1.54) is 13.2 Å². The van der Waals surface area contributed by atoms with Crippen molar-refractivity contribution in [2.45, 2.75) is 24.8 Å². The van der Waals surface area contributed by atoms with Crippen molar-refractivity contribution in [3.63, 3.8) is 0 Å². The number of rotatable bonds is 6. The lowest BCUT2D eigenvalue weighted by Crippen LogP contribution is -2.34. The number of H-pyrrole nitrogens is 1. The monoisotopic (exact) mass is 349 g/mol. The molecule has 1 amide bonds. The second-order valence-corrected chi connectivity index (χ2v) is 6.03. The Balaban J connectivity index is 1.79. The van der Waals surface area contributed by atoms with E-state index >= 15 is 0 Å². The molecule has 3 N–H and O–H groups in total. The van der Waals surface area contributed by atoms with Crippen LogP contribution < -0.4 is 10.1 Å². The van der Waals surface area contributed by atoms with Crippen molar-refractivity contribution in [3.05, 3.63) is 46.2 Å². The highest BCUT2D eigenvalue weighted by Gasteiger charge is 2.28. The van der Waals surface area contributed by atoms with Gasteiger partial charge < -0.3 is 15.2 Å². The SMILES string of the molecule is COc1ccc(C(NC(=O)c2cc(C3CC3)[nH]n2)C(=O)O)cc1Cl. The molecule has 1 aromatic carbocycles. The van der Waals surface area contributed by atoms with Crippen molar-refractivity contribution in [2.24, 2.45) is 0 Å². The van der Waals surface area contributed by atoms with Crippen LogP contribution in [0.15, 0.2) is 24.3 Å². The summed E-state index contributed by atoms with van der Waals surface area (Å²) in [6.45, 7) is 0. The van der Waals surface area contributed by atoms with Gasteiger partial charge in [-0.3, -0.25) is 9.89 Å². The first-order valence-electron chi connectivity index (χ1n) is 7.42. The molecule has 1 fully saturated rings. The van der Waals surface area contributed by atoms with Gasteiger partial charge in [-0.25, -0.2) is 4.79 Å². The van der Waals surface area contributed by atoms with Gasteiger partial charge in [0.15, 0.2) is 6.04 Å². The molecule has 24 heavy (non-hydrogen) atoms. The van der Waals surface area contributed by atoms with Crippen LogP contribution in [-0.2, 0) is 4.79 Å². The standard InChI is InChI=1S/C16H16ClN3O4/c1-24-13-5-4-9(6-10(13)17)14(16(22)23)18-15(21)12-7-11(19-20-12)8-2-3-8/h4-8,14H,2-3H2,1H3,(H,18,21)(H,19,20)(H,22,23). The van der Waals surface area contributed by atoms with Gasteiger partial charge in [0.1, 0.15) is 11.4 Å². The molecule has 1 saturated carbocycles. The Morgan fingerprint density at radius 1 is 1.42 bits per heavy atom. The zero-order chi connectivity index (χ0) is 17.3. The maximum Gasteiger partial charge on any atom is 0.330 e. The van der Waals surface area contributed by atoms with Gasteiger partial charge in [0.05, 0.1) is 12.1 Å². The smallest absolute Gasteiger partial charge is 0.330 e. The molecule has 1 aliphatic rings. The molecule has 2 aromatic rings. The summed E-state index contributed by atoms with van der Waals surface area (Å²) in [6.07, 6.45) is 2.15. The molecule has 0 radical (unpaired) electrons. The number of amides is 1. The molecule has 126 valence electrons. The molecule has 0 bridgehead atoms. The van der Waals surface area contributed by atoms with Crippen molar-refractivity contribution < 1.29 is 19.4 Å². The fraction of sp³-hybridized carbons (Fsp3) is 0.312. The summed E-state index contributed by atoms with van der Waals surface area (Å²) in [5.74, 6) is -0.896. The van der Waals surface area contributed by atoms with Gasteiger partial charge in [0.2, 0.25) is 0 Å². The zero-order valence-corrected chi connectivity index (χ0v) is 13.6. The number of carboxylic acids is 1. The highest BCUT2D eigenvalue weighted by molar-refractivity contribution is 6.32. The van der Waals surface area contributed by atoms with E-state index in [0.717, 1.165) is 18.5 Å². The summed E-state index contributed by atoms with van der Waals surface area (Å²) in [5.41, 5.74) is 1.42. The predicted octanol–water partition coefficient (Wildman–Crippen LogP) is 2.50. The molecule has 1 aliphatic carbocycles. The van der Waals surface area contributed by atoms with Gasteiger partial charge in [-0.1, -0.05) is 17.7 Å². The Hall–Kier alpha value is -2.54. The average molecular weight is 350 g/mol. The number of nitrogens with zero attached hydrogens (tertiary/aromatic N) is 1. The number of methoxy groups -OCH3 is 1. The lowest BCUT2D eigenvalue weighted by molar-refractivity contribution is -0.139. The second kappa shape index (κ2) is 6.52. The van der Waals surface area contributed by atoms with Gasteiger partial charge in [-0.05, 0) is 36.6 Å². The highest BCUT2D eigenvalue weighted by atomic mass is 35.5. The number of ether oxygens (including phenoxy) is 1. The molecular formula is C16H16ClN3O4. The first-order chi connectivity index (χ1) is 11.5. The molecule has 1 aromatic heterocycles. The molecular weight excluding hydrogens is 334 g/mol. The van der Waals surface area contributed by atoms with E-state index in [4.69, 9.17) is 16.3 Å². The van der Waals surface area contributed by atoms with E-state index in [2.05, 4.69) is 15.5 Å². The molecule has 1 atom stereocenters. The number of hydrogen-bond acceptors (Lipinski definition) is 4. The Bertz CT molecular complexity index is 785. The molecule has 1 unspecified atom stereocenters. The van der Waals surface area contributed by atoms with Crippen molar-refractivity contribution in [1.29, 1.82) is 0 Å². The van der Waals surface area contributed by atoms with E-state index in [9.17, 15) is 14.7 Å². The van der Waals surface area contributed by atoms with E-state index in [1.54, 1.807) is 18.2 Å². The van der Waals surface area contributed by atoms with Crippen molar-refractivity contribution in [3.8, 4) is 5.75 Å². The lowest BCUT2D eigenvalue weighted by atomic mass is 10.1. The summed E-state index contributed by atoms with van der Waals surface area (Å²) in [7, 11) is 1.46. The van der Waals surface area contributed by atoms with Crippen LogP contribution >= 0.6 is 11.6 Å². The predicted molar refractivity (Wildman–Crippen MR) is 86.4 cm³/mol. The zero-order valence-electron chi connectivity index (χ0n) is 12.9. The number of carbonyl (C=O) groups excluding carboxylic acids is 1. The van der Waals surface area contributed by atoms with Crippen LogP contribution in [0.1, 0.15) is 46.5 Å². The third kappa shape index (κ3) is 3.35. The molecule has 1 heterocycles. The van der Waals surface area contributed by atoms with E-state index in [-0.39, 0.29) is 10.7 Å². The third-order valence-electron chi connectivity index (χ3n) is 3.88. The van der Waals surface area contributed by atoms with Crippen LogP contribution in [-0.4, -0.2) is 34.3 Å². The first-order valence-corrected chi connectivity index (χ1v) is 7.79. The summed E-state index contributed by atoms with van der Waals surface area (Å²) in [5, 5.41) is 18.9. The largest absolute Gasteiger partial charge is 0.495 e. The average Bonchev–Trinajstić information content (AvgIpc) is 3.29. The highest BCUT2D eigenvalue weighted by Crippen LogP contribution is 2.39. The number of hydrogen-bond donors (Lipinski definition) is 3. The molecule has 0 spiro atoms. The molecule has 3 rings (SSSR count). The Morgan fingerprint density at radius 2 is 2.17 bits per heavy atom. The van der Waals surface area contributed by atoms with Crippen molar-refractivity contribution in [1.82, 2.24) is 15.5 Å². The van der Waals surface area contributed by atoms with Crippen LogP contribution in [0.4, 0.5) is 0 Å². The maximum atomic E-state index is 12.3. The number of carboxylic acid groups (broad SMARTS) is 1. The van der Waals surface area contributed by atoms with Gasteiger partial charge in [-0.15, -0.1) is 0 Å². The van der Waals surface area contributed by atoms with E-state index < -0.39 is 17.9 Å². The van der Waals surface area contributed by atoms with Crippen LogP contribution in [0.5, 0.6) is 5.75 Å². The summed E-state index contributed by atoms with van der Waals surface area (Å²) in [6, 6.07) is 4.98. The van der Waals surface area contributed by atoms with Crippen LogP contribution in [0.2, 0.25) is 5.02 Å². The lowest BCUT2D eigenvalue weighted by Gasteiger charge is -2.15. The normalized spacial score (nSPS) is 14.9. The van der Waals surface area contributed by atoms with Crippen molar-refractivity contribution >= 4 is 23.5 Å². The quantitative estimate of drug-likeness (QED) is 0.743. The fourth-order valence-electron chi connectivity index (χ4n) is 2.41. The topological polar surface area (TPSA) is 104 Å². The third-order valence-corrected chi connectivity index (χ3v) is 4.17. The number of nitrogens with one attached hydrogen (secondary N) is 2. The van der Waals surface area contributed by atoms with Gasteiger partial charge in [0.25, 0.3) is 5.91 Å². The van der Waals surface area contributed by atoms with Gasteiger partial charge >= 0.3 is 5.97 Å². The molecule has 0 aliphatic heterocycles. The minimum atomic E-state index is -1.23. The first kappa shape index (κ1) is 16.3. The second-order valence-electron chi connectivity index (χ2n) is 5.62. The number of aromatic amines is 1. The van der Waals surface area contributed by atoms with Crippen molar-refractivity contribution in [2.75, 3.05) is 7.11 Å². The number of carbonyl (C=O) groups is 2. The fourth-order valence-corrected chi connectivity index (χ4v) is 2.68. The summed E-state index contributed by atoms with van der Waals surface area (Å²) in [4.78, 5) is 23.8. The van der Waals surface area contributed by atoms with E-state index in [0.29, 0.717) is 17.2 Å². The number of aliphatic carboxylic acids is 1. The maximum absolute atomic E-state index is 12.3. The Kier molecular flexibility index (Phi) is 4.44. The van der Waals surface area contributed by atoms with Gasteiger partial charge in [-0.2, -0.15) is 5.10 Å². The minimum Gasteiger partial charge on any atom is -0.495 e.